The Balaban J connectivity index is 0.000000240. The number of aromatic nitrogens is 2. The maximum absolute atomic E-state index is 12.3. The molecular weight excluding hydrogens is 601 g/mol. The smallest absolute Gasteiger partial charge is 0.342 e. The molecule has 1 atom stereocenters. The Labute approximate surface area is 266 Å². The Hall–Kier alpha value is -4.03. The maximum atomic E-state index is 12.3. The first kappa shape index (κ1) is 34.5. The van der Waals surface area contributed by atoms with Gasteiger partial charge in [-0.2, -0.15) is 0 Å². The number of aryl methyl sites for hydroxylation is 1. The molecule has 10 nitrogen and oxygen atoms in total. The van der Waals surface area contributed by atoms with Crippen molar-refractivity contribution in [2.24, 2.45) is 4.99 Å². The van der Waals surface area contributed by atoms with Gasteiger partial charge in [-0.15, -0.1) is 0 Å². The number of aliphatic carboxylic acids is 1. The Bertz CT molecular complexity index is 1560. The number of benzene rings is 2. The molecule has 1 aromatic heterocycles. The molecule has 12 heteroatoms. The first-order valence-corrected chi connectivity index (χ1v) is 16.3. The van der Waals surface area contributed by atoms with E-state index in [1.807, 2.05) is 79.8 Å². The molecule has 1 aliphatic heterocycles. The third-order valence-corrected chi connectivity index (χ3v) is 7.99. The number of hydrogen-bond donors (Lipinski definition) is 1. The van der Waals surface area contributed by atoms with Crippen LogP contribution in [0.1, 0.15) is 48.4 Å². The van der Waals surface area contributed by atoms with Gasteiger partial charge in [-0.25, -0.2) is 24.5 Å². The maximum Gasteiger partial charge on any atom is 0.342 e. The highest BCUT2D eigenvalue weighted by molar-refractivity contribution is 8.13. The van der Waals surface area contributed by atoms with Gasteiger partial charge in [0.25, 0.3) is 0 Å². The number of thioether (sulfide) groups is 2. The molecular formula is C32H38N4O6S2. The molecule has 1 unspecified atom stereocenters. The van der Waals surface area contributed by atoms with Crippen LogP contribution in [0.25, 0.3) is 11.3 Å². The SMILES string of the molecule is CCN1C(SC)=NC(c2cccc(OC)c2)C(C(=O)O)=C1C.CCOC(=O)c1c(C)nc(SC)nc1-c1cccc(OC)c1. The summed E-state index contributed by atoms with van der Waals surface area (Å²) in [4.78, 5) is 39.5. The lowest BCUT2D eigenvalue weighted by Gasteiger charge is -2.33. The summed E-state index contributed by atoms with van der Waals surface area (Å²) in [5.41, 5.74) is 4.23. The number of aliphatic imine (C=N–C) groups is 1. The minimum absolute atomic E-state index is 0.306. The molecule has 2 heterocycles. The quantitative estimate of drug-likeness (QED) is 0.157. The van der Waals surface area contributed by atoms with E-state index in [4.69, 9.17) is 14.2 Å². The average Bonchev–Trinajstić information content (AvgIpc) is 3.03. The second kappa shape index (κ2) is 16.2. The number of carboxylic acids is 1. The summed E-state index contributed by atoms with van der Waals surface area (Å²) in [5, 5.41) is 11.1. The van der Waals surface area contributed by atoms with Crippen LogP contribution in [0.2, 0.25) is 0 Å². The molecule has 2 aromatic carbocycles. The molecule has 0 spiro atoms. The van der Waals surface area contributed by atoms with Crippen molar-refractivity contribution in [2.75, 3.05) is 39.9 Å². The van der Waals surface area contributed by atoms with Crippen molar-refractivity contribution in [3.05, 3.63) is 76.6 Å². The van der Waals surface area contributed by atoms with Gasteiger partial charge in [0, 0.05) is 17.8 Å². The van der Waals surface area contributed by atoms with Crippen LogP contribution in [-0.2, 0) is 9.53 Å². The van der Waals surface area contributed by atoms with Crippen molar-refractivity contribution >= 4 is 40.6 Å². The number of amidine groups is 1. The van der Waals surface area contributed by atoms with Gasteiger partial charge in [-0.05, 0) is 70.0 Å². The van der Waals surface area contributed by atoms with Crippen LogP contribution in [-0.4, -0.2) is 77.0 Å². The summed E-state index contributed by atoms with van der Waals surface area (Å²) in [7, 11) is 3.19. The van der Waals surface area contributed by atoms with Gasteiger partial charge in [-0.1, -0.05) is 47.8 Å². The summed E-state index contributed by atoms with van der Waals surface area (Å²) in [6, 6.07) is 14.3. The van der Waals surface area contributed by atoms with E-state index in [0.29, 0.717) is 52.3 Å². The third-order valence-electron chi connectivity index (χ3n) is 6.75. The minimum Gasteiger partial charge on any atom is -0.497 e. The Morgan fingerprint density at radius 2 is 1.61 bits per heavy atom. The molecule has 0 saturated heterocycles. The Morgan fingerprint density at radius 1 is 0.955 bits per heavy atom. The third kappa shape index (κ3) is 7.92. The number of carboxylic acid groups (broad SMARTS) is 1. The lowest BCUT2D eigenvalue weighted by Crippen LogP contribution is -2.34. The largest absolute Gasteiger partial charge is 0.497 e. The highest BCUT2D eigenvalue weighted by Gasteiger charge is 2.32. The van der Waals surface area contributed by atoms with Gasteiger partial charge in [0.05, 0.1) is 37.8 Å². The second-order valence-corrected chi connectivity index (χ2v) is 10.9. The van der Waals surface area contributed by atoms with E-state index in [0.717, 1.165) is 22.0 Å². The average molecular weight is 639 g/mol. The van der Waals surface area contributed by atoms with Crippen LogP contribution < -0.4 is 9.47 Å². The first-order valence-electron chi connectivity index (χ1n) is 13.8. The standard InChI is InChI=1S/C16H20N2O3S.C16H18N2O3S/c1-5-18-10(2)13(15(19)20)14(17-16(18)22-4)11-7-6-8-12(9-11)21-3;1-5-21-15(19)13-10(2)17-16(22-4)18-14(13)11-7-6-8-12(9-11)20-3/h6-9,14H,5H2,1-4H3,(H,19,20);6-9H,5H2,1-4H3. The zero-order valence-corrected chi connectivity index (χ0v) is 27.8. The topological polar surface area (TPSA) is 123 Å². The summed E-state index contributed by atoms with van der Waals surface area (Å²) in [6.07, 6.45) is 3.84. The molecule has 0 saturated carbocycles. The number of esters is 1. The van der Waals surface area contributed by atoms with Gasteiger partial charge in [0.15, 0.2) is 10.3 Å². The van der Waals surface area contributed by atoms with Crippen LogP contribution in [0.4, 0.5) is 0 Å². The van der Waals surface area contributed by atoms with Crippen LogP contribution in [0.5, 0.6) is 11.5 Å². The summed E-state index contributed by atoms with van der Waals surface area (Å²) < 4.78 is 15.6. The number of ether oxygens (including phenoxy) is 3. The molecule has 0 fully saturated rings. The number of allylic oxidation sites excluding steroid dienone is 1. The zero-order valence-electron chi connectivity index (χ0n) is 26.2. The second-order valence-electron chi connectivity index (χ2n) is 9.32. The molecule has 3 aromatic rings. The molecule has 0 radical (unpaired) electrons. The number of rotatable bonds is 9. The summed E-state index contributed by atoms with van der Waals surface area (Å²) in [6.45, 7) is 8.38. The van der Waals surface area contributed by atoms with Crippen molar-refractivity contribution in [3.63, 3.8) is 0 Å². The monoisotopic (exact) mass is 638 g/mol. The Morgan fingerprint density at radius 3 is 2.18 bits per heavy atom. The van der Waals surface area contributed by atoms with E-state index in [1.165, 1.54) is 23.5 Å². The lowest BCUT2D eigenvalue weighted by atomic mass is 9.96. The summed E-state index contributed by atoms with van der Waals surface area (Å²) >= 11 is 2.95. The number of methoxy groups -OCH3 is 2. The van der Waals surface area contributed by atoms with E-state index < -0.39 is 18.0 Å². The number of carbonyl (C=O) groups excluding carboxylic acids is 1. The predicted molar refractivity (Wildman–Crippen MR) is 176 cm³/mol. The molecule has 1 N–H and O–H groups in total. The van der Waals surface area contributed by atoms with Crippen LogP contribution in [0, 0.1) is 6.92 Å². The molecule has 0 amide bonds. The van der Waals surface area contributed by atoms with E-state index in [2.05, 4.69) is 15.0 Å². The van der Waals surface area contributed by atoms with Crippen molar-refractivity contribution in [1.29, 1.82) is 0 Å². The van der Waals surface area contributed by atoms with Crippen molar-refractivity contribution in [3.8, 4) is 22.8 Å². The highest BCUT2D eigenvalue weighted by Crippen LogP contribution is 2.37. The van der Waals surface area contributed by atoms with Crippen LogP contribution in [0.15, 0.2) is 69.9 Å². The minimum atomic E-state index is -0.937. The van der Waals surface area contributed by atoms with Gasteiger partial charge in [-0.3, -0.25) is 0 Å². The van der Waals surface area contributed by atoms with Crippen molar-refractivity contribution < 1.29 is 28.9 Å². The molecule has 0 bridgehead atoms. The van der Waals surface area contributed by atoms with E-state index in [9.17, 15) is 14.7 Å². The fourth-order valence-corrected chi connectivity index (χ4v) is 5.76. The number of hydrogen-bond acceptors (Lipinski definition) is 11. The number of nitrogens with zero attached hydrogens (tertiary/aromatic N) is 4. The lowest BCUT2D eigenvalue weighted by molar-refractivity contribution is -0.133. The molecule has 44 heavy (non-hydrogen) atoms. The highest BCUT2D eigenvalue weighted by atomic mass is 32.2. The normalized spacial score (nSPS) is 14.3. The van der Waals surface area contributed by atoms with Gasteiger partial charge < -0.3 is 24.2 Å². The summed E-state index contributed by atoms with van der Waals surface area (Å²) in [5.74, 6) is 0.0473. The Kier molecular flexibility index (Phi) is 12.7. The first-order chi connectivity index (χ1) is 21.1. The molecule has 4 rings (SSSR count). The molecule has 1 aliphatic rings. The van der Waals surface area contributed by atoms with E-state index >= 15 is 0 Å². The predicted octanol–water partition coefficient (Wildman–Crippen LogP) is 6.51. The van der Waals surface area contributed by atoms with Gasteiger partial charge in [0.2, 0.25) is 0 Å². The van der Waals surface area contributed by atoms with E-state index in [-0.39, 0.29) is 0 Å². The zero-order chi connectivity index (χ0) is 32.4. The van der Waals surface area contributed by atoms with Crippen molar-refractivity contribution in [1.82, 2.24) is 14.9 Å². The van der Waals surface area contributed by atoms with Gasteiger partial charge in [0.1, 0.15) is 23.1 Å². The fraction of sp³-hybridized carbons (Fsp3) is 0.344. The van der Waals surface area contributed by atoms with E-state index in [1.54, 1.807) is 28.1 Å². The number of carbonyl (C=O) groups is 2. The molecule has 234 valence electrons. The molecule has 0 aliphatic carbocycles. The van der Waals surface area contributed by atoms with Crippen molar-refractivity contribution in [2.45, 2.75) is 38.9 Å². The van der Waals surface area contributed by atoms with Crippen LogP contribution in [0.3, 0.4) is 0 Å². The fourth-order valence-electron chi connectivity index (χ4n) is 4.66. The van der Waals surface area contributed by atoms with Gasteiger partial charge >= 0.3 is 11.9 Å². The van der Waals surface area contributed by atoms with Crippen LogP contribution >= 0.6 is 23.5 Å².